The molecule has 2 heterocycles. The molecule has 0 aliphatic heterocycles. The highest BCUT2D eigenvalue weighted by atomic mass is 16.1. The van der Waals surface area contributed by atoms with E-state index >= 15 is 0 Å². The molecule has 3 rings (SSSR count). The van der Waals surface area contributed by atoms with Gasteiger partial charge in [-0.25, -0.2) is 9.67 Å². The van der Waals surface area contributed by atoms with Gasteiger partial charge in [0.15, 0.2) is 5.65 Å². The van der Waals surface area contributed by atoms with Crippen LogP contribution in [-0.4, -0.2) is 19.7 Å². The van der Waals surface area contributed by atoms with E-state index in [1.54, 1.807) is 17.8 Å². The summed E-state index contributed by atoms with van der Waals surface area (Å²) in [5.74, 6) is 0.590. The number of benzene rings is 1. The highest BCUT2D eigenvalue weighted by Crippen LogP contribution is 2.22. The zero-order chi connectivity index (χ0) is 14.4. The minimum absolute atomic E-state index is 0.152. The lowest BCUT2D eigenvalue weighted by atomic mass is 10.1. The Balaban J connectivity index is 2.39. The third-order valence-corrected chi connectivity index (χ3v) is 3.40. The standard InChI is InChI=1S/C15H16N4O/c1-8-5-9(2)13(10(3)6-8)19-14-12(7-16-19)15(20)18-11(4)17-14/h5-7H,1-4H3,(H,17,18,20). The SMILES string of the molecule is Cc1cc(C)c(-n2ncc3c(=O)[nH]c(C)nc32)c(C)c1. The van der Waals surface area contributed by atoms with Crippen molar-refractivity contribution in [3.05, 3.63) is 51.2 Å². The van der Waals surface area contributed by atoms with Crippen LogP contribution in [0.25, 0.3) is 16.7 Å². The molecule has 0 saturated carbocycles. The van der Waals surface area contributed by atoms with Crippen molar-refractivity contribution < 1.29 is 0 Å². The van der Waals surface area contributed by atoms with E-state index in [-0.39, 0.29) is 5.56 Å². The molecule has 0 saturated heterocycles. The monoisotopic (exact) mass is 268 g/mol. The summed E-state index contributed by atoms with van der Waals surface area (Å²) in [6.45, 7) is 7.93. The van der Waals surface area contributed by atoms with Crippen LogP contribution in [0.1, 0.15) is 22.5 Å². The number of nitrogens with zero attached hydrogens (tertiary/aromatic N) is 3. The molecule has 0 bridgehead atoms. The van der Waals surface area contributed by atoms with E-state index < -0.39 is 0 Å². The topological polar surface area (TPSA) is 63.6 Å². The molecule has 102 valence electrons. The molecule has 20 heavy (non-hydrogen) atoms. The zero-order valence-electron chi connectivity index (χ0n) is 12.0. The van der Waals surface area contributed by atoms with Crippen LogP contribution in [0.5, 0.6) is 0 Å². The Kier molecular flexibility index (Phi) is 2.71. The summed E-state index contributed by atoms with van der Waals surface area (Å²) in [5.41, 5.74) is 4.88. The van der Waals surface area contributed by atoms with E-state index in [0.717, 1.165) is 16.8 Å². The summed E-state index contributed by atoms with van der Waals surface area (Å²) < 4.78 is 1.75. The first-order chi connectivity index (χ1) is 9.47. The quantitative estimate of drug-likeness (QED) is 0.736. The molecule has 0 spiro atoms. The minimum Gasteiger partial charge on any atom is -0.310 e. The van der Waals surface area contributed by atoms with Gasteiger partial charge in [-0.05, 0) is 38.8 Å². The second-order valence-corrected chi connectivity index (χ2v) is 5.19. The van der Waals surface area contributed by atoms with E-state index in [9.17, 15) is 4.79 Å². The maximum Gasteiger partial charge on any atom is 0.262 e. The van der Waals surface area contributed by atoms with Gasteiger partial charge < -0.3 is 4.98 Å². The average molecular weight is 268 g/mol. The number of H-pyrrole nitrogens is 1. The van der Waals surface area contributed by atoms with Crippen molar-refractivity contribution in [3.8, 4) is 5.69 Å². The summed E-state index contributed by atoms with van der Waals surface area (Å²) >= 11 is 0. The molecule has 1 N–H and O–H groups in total. The molecule has 0 amide bonds. The van der Waals surface area contributed by atoms with Crippen LogP contribution >= 0.6 is 0 Å². The molecular weight excluding hydrogens is 252 g/mol. The van der Waals surface area contributed by atoms with Crippen molar-refractivity contribution in [3.63, 3.8) is 0 Å². The number of fused-ring (bicyclic) bond motifs is 1. The summed E-state index contributed by atoms with van der Waals surface area (Å²) in [7, 11) is 0. The summed E-state index contributed by atoms with van der Waals surface area (Å²) in [6.07, 6.45) is 1.57. The van der Waals surface area contributed by atoms with Crippen molar-refractivity contribution >= 4 is 11.0 Å². The fourth-order valence-corrected chi connectivity index (χ4v) is 2.70. The van der Waals surface area contributed by atoms with Gasteiger partial charge in [-0.1, -0.05) is 17.7 Å². The molecule has 2 aromatic heterocycles. The normalized spacial score (nSPS) is 11.2. The van der Waals surface area contributed by atoms with Gasteiger partial charge in [0.1, 0.15) is 11.2 Å². The lowest BCUT2D eigenvalue weighted by molar-refractivity contribution is 0.872. The van der Waals surface area contributed by atoms with Crippen molar-refractivity contribution in [1.82, 2.24) is 19.7 Å². The van der Waals surface area contributed by atoms with Crippen LogP contribution in [0.15, 0.2) is 23.1 Å². The third-order valence-electron chi connectivity index (χ3n) is 3.40. The Morgan fingerprint density at radius 2 is 1.75 bits per heavy atom. The van der Waals surface area contributed by atoms with Gasteiger partial charge in [0, 0.05) is 0 Å². The second kappa shape index (κ2) is 4.30. The van der Waals surface area contributed by atoms with Gasteiger partial charge in [0.05, 0.1) is 11.9 Å². The van der Waals surface area contributed by atoms with E-state index in [1.165, 1.54) is 5.56 Å². The van der Waals surface area contributed by atoms with E-state index in [4.69, 9.17) is 0 Å². The van der Waals surface area contributed by atoms with E-state index in [2.05, 4.69) is 34.1 Å². The van der Waals surface area contributed by atoms with Gasteiger partial charge in [-0.3, -0.25) is 4.79 Å². The number of hydrogen-bond acceptors (Lipinski definition) is 3. The number of hydrogen-bond donors (Lipinski definition) is 1. The molecule has 3 aromatic rings. The zero-order valence-corrected chi connectivity index (χ0v) is 12.0. The molecule has 0 fully saturated rings. The Labute approximate surface area is 116 Å². The third kappa shape index (κ3) is 1.82. The van der Waals surface area contributed by atoms with E-state index in [0.29, 0.717) is 16.9 Å². The molecule has 0 aliphatic carbocycles. The molecule has 0 atom stereocenters. The molecule has 5 nitrogen and oxygen atoms in total. The van der Waals surface area contributed by atoms with Gasteiger partial charge >= 0.3 is 0 Å². The predicted octanol–water partition coefficient (Wildman–Crippen LogP) is 2.34. The number of aryl methyl sites for hydroxylation is 4. The van der Waals surface area contributed by atoms with Crippen LogP contribution in [0.2, 0.25) is 0 Å². The maximum absolute atomic E-state index is 11.9. The van der Waals surface area contributed by atoms with Crippen LogP contribution < -0.4 is 5.56 Å². The van der Waals surface area contributed by atoms with Crippen LogP contribution in [0, 0.1) is 27.7 Å². The lowest BCUT2D eigenvalue weighted by Crippen LogP contribution is -2.11. The second-order valence-electron chi connectivity index (χ2n) is 5.19. The minimum atomic E-state index is -0.152. The number of aromatic nitrogens is 4. The van der Waals surface area contributed by atoms with Crippen molar-refractivity contribution in [1.29, 1.82) is 0 Å². The first-order valence-corrected chi connectivity index (χ1v) is 6.50. The lowest BCUT2D eigenvalue weighted by Gasteiger charge is -2.12. The van der Waals surface area contributed by atoms with Gasteiger partial charge in [-0.15, -0.1) is 0 Å². The molecular formula is C15H16N4O. The van der Waals surface area contributed by atoms with Gasteiger partial charge in [0.25, 0.3) is 5.56 Å². The predicted molar refractivity (Wildman–Crippen MR) is 78.4 cm³/mol. The fourth-order valence-electron chi connectivity index (χ4n) is 2.70. The van der Waals surface area contributed by atoms with Gasteiger partial charge in [0.2, 0.25) is 0 Å². The molecule has 1 aromatic carbocycles. The molecule has 0 radical (unpaired) electrons. The van der Waals surface area contributed by atoms with Crippen LogP contribution in [-0.2, 0) is 0 Å². The van der Waals surface area contributed by atoms with E-state index in [1.807, 2.05) is 13.8 Å². The maximum atomic E-state index is 11.9. The highest BCUT2D eigenvalue weighted by Gasteiger charge is 2.14. The Morgan fingerprint density at radius 3 is 2.40 bits per heavy atom. The Hall–Kier alpha value is -2.43. The number of rotatable bonds is 1. The Bertz CT molecular complexity index is 850. The molecule has 0 aliphatic rings. The Morgan fingerprint density at radius 1 is 1.10 bits per heavy atom. The number of nitrogens with one attached hydrogen (secondary N) is 1. The summed E-state index contributed by atoms with van der Waals surface area (Å²) in [4.78, 5) is 19.0. The van der Waals surface area contributed by atoms with Gasteiger partial charge in [-0.2, -0.15) is 5.10 Å². The smallest absolute Gasteiger partial charge is 0.262 e. The first-order valence-electron chi connectivity index (χ1n) is 6.50. The first kappa shape index (κ1) is 12.6. The average Bonchev–Trinajstić information content (AvgIpc) is 2.72. The van der Waals surface area contributed by atoms with Crippen molar-refractivity contribution in [2.24, 2.45) is 0 Å². The summed E-state index contributed by atoms with van der Waals surface area (Å²) in [6, 6.07) is 4.21. The fraction of sp³-hybridized carbons (Fsp3) is 0.267. The highest BCUT2D eigenvalue weighted by molar-refractivity contribution is 5.76. The van der Waals surface area contributed by atoms with Crippen LogP contribution in [0.3, 0.4) is 0 Å². The molecule has 0 unspecified atom stereocenters. The van der Waals surface area contributed by atoms with Crippen LogP contribution in [0.4, 0.5) is 0 Å². The molecule has 5 heteroatoms. The number of aromatic amines is 1. The summed E-state index contributed by atoms with van der Waals surface area (Å²) in [5, 5.41) is 4.86. The van der Waals surface area contributed by atoms with Crippen molar-refractivity contribution in [2.75, 3.05) is 0 Å². The largest absolute Gasteiger partial charge is 0.310 e. The van der Waals surface area contributed by atoms with Crippen molar-refractivity contribution in [2.45, 2.75) is 27.7 Å².